The van der Waals surface area contributed by atoms with Gasteiger partial charge in [-0.05, 0) is 18.1 Å². The van der Waals surface area contributed by atoms with E-state index >= 15 is 0 Å². The van der Waals surface area contributed by atoms with E-state index in [2.05, 4.69) is 10.6 Å². The van der Waals surface area contributed by atoms with E-state index in [4.69, 9.17) is 5.11 Å². The predicted molar refractivity (Wildman–Crippen MR) is 78.2 cm³/mol. The van der Waals surface area contributed by atoms with Gasteiger partial charge in [-0.15, -0.1) is 0 Å². The summed E-state index contributed by atoms with van der Waals surface area (Å²) in [7, 11) is 0. The van der Waals surface area contributed by atoms with Crippen LogP contribution in [0.3, 0.4) is 0 Å². The molecule has 0 aliphatic carbocycles. The van der Waals surface area contributed by atoms with Gasteiger partial charge >= 0.3 is 5.97 Å². The summed E-state index contributed by atoms with van der Waals surface area (Å²) in [5.41, 5.74) is 0.0341. The Bertz CT molecular complexity index is 526. The molecule has 6 heteroatoms. The second kappa shape index (κ2) is 8.04. The Morgan fingerprint density at radius 3 is 2.29 bits per heavy atom. The van der Waals surface area contributed by atoms with Crippen LogP contribution in [0.15, 0.2) is 24.3 Å². The molecule has 2 amide bonds. The van der Waals surface area contributed by atoms with E-state index in [9.17, 15) is 14.4 Å². The lowest BCUT2D eigenvalue weighted by Crippen LogP contribution is -2.32. The molecule has 0 bridgehead atoms. The van der Waals surface area contributed by atoms with Crippen molar-refractivity contribution in [2.45, 2.75) is 20.3 Å². The van der Waals surface area contributed by atoms with Gasteiger partial charge in [0.25, 0.3) is 5.91 Å². The van der Waals surface area contributed by atoms with E-state index in [1.54, 1.807) is 12.1 Å². The minimum Gasteiger partial charge on any atom is -0.478 e. The van der Waals surface area contributed by atoms with Crippen molar-refractivity contribution in [3.05, 3.63) is 35.4 Å². The number of hydrogen-bond acceptors (Lipinski definition) is 3. The van der Waals surface area contributed by atoms with Crippen molar-refractivity contribution in [1.29, 1.82) is 0 Å². The zero-order valence-corrected chi connectivity index (χ0v) is 12.2. The molecule has 0 saturated heterocycles. The molecule has 0 unspecified atom stereocenters. The summed E-state index contributed by atoms with van der Waals surface area (Å²) in [4.78, 5) is 34.4. The second-order valence-corrected chi connectivity index (χ2v) is 5.05. The van der Waals surface area contributed by atoms with E-state index in [0.29, 0.717) is 12.5 Å². The molecule has 114 valence electrons. The molecular formula is C15H20N2O4. The van der Waals surface area contributed by atoms with Crippen LogP contribution in [0, 0.1) is 5.92 Å². The van der Waals surface area contributed by atoms with Crippen LogP contribution in [0.1, 0.15) is 41.0 Å². The molecule has 0 spiro atoms. The molecule has 1 rings (SSSR count). The Balaban J connectivity index is 2.48. The van der Waals surface area contributed by atoms with Gasteiger partial charge in [-0.1, -0.05) is 26.0 Å². The maximum Gasteiger partial charge on any atom is 0.336 e. The Hall–Kier alpha value is -2.37. The minimum absolute atomic E-state index is 0.0562. The number of benzene rings is 1. The molecule has 21 heavy (non-hydrogen) atoms. The van der Waals surface area contributed by atoms with Gasteiger partial charge in [0.05, 0.1) is 11.1 Å². The lowest BCUT2D eigenvalue weighted by molar-refractivity contribution is -0.121. The summed E-state index contributed by atoms with van der Waals surface area (Å²) in [6, 6.07) is 5.96. The Labute approximate surface area is 123 Å². The van der Waals surface area contributed by atoms with Crippen LogP contribution in [0.4, 0.5) is 0 Å². The van der Waals surface area contributed by atoms with E-state index in [-0.39, 0.29) is 30.0 Å². The number of nitrogens with one attached hydrogen (secondary N) is 2. The number of hydrogen-bond donors (Lipinski definition) is 3. The van der Waals surface area contributed by atoms with E-state index < -0.39 is 11.9 Å². The summed E-state index contributed by atoms with van der Waals surface area (Å²) in [6.45, 7) is 4.74. The van der Waals surface area contributed by atoms with Crippen LogP contribution >= 0.6 is 0 Å². The summed E-state index contributed by atoms with van der Waals surface area (Å²) >= 11 is 0. The Kier molecular flexibility index (Phi) is 6.39. The van der Waals surface area contributed by atoms with Gasteiger partial charge in [0.2, 0.25) is 5.91 Å². The molecule has 0 atom stereocenters. The highest BCUT2D eigenvalue weighted by Crippen LogP contribution is 2.08. The van der Waals surface area contributed by atoms with Crippen LogP contribution in [0.2, 0.25) is 0 Å². The molecule has 0 radical (unpaired) electrons. The second-order valence-electron chi connectivity index (χ2n) is 5.05. The molecule has 0 aliphatic rings. The van der Waals surface area contributed by atoms with Crippen molar-refractivity contribution < 1.29 is 19.5 Å². The minimum atomic E-state index is -1.16. The largest absolute Gasteiger partial charge is 0.478 e. The van der Waals surface area contributed by atoms with E-state index in [1.807, 2.05) is 13.8 Å². The molecule has 0 aromatic heterocycles. The number of carboxylic acid groups (broad SMARTS) is 1. The average Bonchev–Trinajstić information content (AvgIpc) is 2.44. The van der Waals surface area contributed by atoms with Gasteiger partial charge in [0, 0.05) is 19.5 Å². The standard InChI is InChI=1S/C15H20N2O4/c1-10(2)9-17-13(18)7-8-16-14(19)11-5-3-4-6-12(11)15(20)21/h3-6,10H,7-9H2,1-2H3,(H,16,19)(H,17,18)(H,20,21). The fraction of sp³-hybridized carbons (Fsp3) is 0.400. The number of rotatable bonds is 7. The van der Waals surface area contributed by atoms with Gasteiger partial charge in [-0.3, -0.25) is 9.59 Å². The first-order valence-corrected chi connectivity index (χ1v) is 6.79. The zero-order valence-electron chi connectivity index (χ0n) is 12.2. The van der Waals surface area contributed by atoms with Crippen LogP contribution in [-0.2, 0) is 4.79 Å². The lowest BCUT2D eigenvalue weighted by atomic mass is 10.1. The fourth-order valence-electron chi connectivity index (χ4n) is 1.66. The van der Waals surface area contributed by atoms with Crippen LogP contribution < -0.4 is 10.6 Å². The highest BCUT2D eigenvalue weighted by molar-refractivity contribution is 6.04. The van der Waals surface area contributed by atoms with Gasteiger partial charge in [0.15, 0.2) is 0 Å². The molecule has 6 nitrogen and oxygen atoms in total. The first-order chi connectivity index (χ1) is 9.91. The number of aromatic carboxylic acids is 1. The third kappa shape index (κ3) is 5.64. The first-order valence-electron chi connectivity index (χ1n) is 6.79. The number of amides is 2. The van der Waals surface area contributed by atoms with Crippen molar-refractivity contribution in [2.24, 2.45) is 5.92 Å². The quantitative estimate of drug-likeness (QED) is 0.705. The van der Waals surface area contributed by atoms with Gasteiger partial charge < -0.3 is 15.7 Å². The average molecular weight is 292 g/mol. The lowest BCUT2D eigenvalue weighted by Gasteiger charge is -2.09. The molecular weight excluding hydrogens is 272 g/mol. The smallest absolute Gasteiger partial charge is 0.336 e. The van der Waals surface area contributed by atoms with Crippen molar-refractivity contribution in [3.63, 3.8) is 0 Å². The molecule has 0 saturated carbocycles. The molecule has 1 aromatic rings. The van der Waals surface area contributed by atoms with E-state index in [0.717, 1.165) is 0 Å². The van der Waals surface area contributed by atoms with Crippen LogP contribution in [-0.4, -0.2) is 36.0 Å². The van der Waals surface area contributed by atoms with Crippen molar-refractivity contribution in [2.75, 3.05) is 13.1 Å². The van der Waals surface area contributed by atoms with Crippen molar-refractivity contribution in [1.82, 2.24) is 10.6 Å². The highest BCUT2D eigenvalue weighted by Gasteiger charge is 2.15. The SMILES string of the molecule is CC(C)CNC(=O)CCNC(=O)c1ccccc1C(=O)O. The molecule has 0 fully saturated rings. The maximum absolute atomic E-state index is 11.9. The molecule has 0 heterocycles. The van der Waals surface area contributed by atoms with Crippen molar-refractivity contribution >= 4 is 17.8 Å². The van der Waals surface area contributed by atoms with Gasteiger partial charge in [-0.25, -0.2) is 4.79 Å². The van der Waals surface area contributed by atoms with Crippen LogP contribution in [0.25, 0.3) is 0 Å². The molecule has 3 N–H and O–H groups in total. The third-order valence-corrected chi connectivity index (χ3v) is 2.75. The summed E-state index contributed by atoms with van der Waals surface area (Å²) in [5, 5.41) is 14.3. The number of carboxylic acids is 1. The van der Waals surface area contributed by atoms with Gasteiger partial charge in [0.1, 0.15) is 0 Å². The topological polar surface area (TPSA) is 95.5 Å². The number of carbonyl (C=O) groups excluding carboxylic acids is 2. The zero-order chi connectivity index (χ0) is 15.8. The van der Waals surface area contributed by atoms with Crippen LogP contribution in [0.5, 0.6) is 0 Å². The maximum atomic E-state index is 11.9. The Morgan fingerprint density at radius 2 is 1.71 bits per heavy atom. The monoisotopic (exact) mass is 292 g/mol. The van der Waals surface area contributed by atoms with Crippen molar-refractivity contribution in [3.8, 4) is 0 Å². The highest BCUT2D eigenvalue weighted by atomic mass is 16.4. The predicted octanol–water partition coefficient (Wildman–Crippen LogP) is 1.28. The number of carbonyl (C=O) groups is 3. The third-order valence-electron chi connectivity index (χ3n) is 2.75. The molecule has 0 aliphatic heterocycles. The summed E-state index contributed by atoms with van der Waals surface area (Å²) in [6.07, 6.45) is 0.160. The summed E-state index contributed by atoms with van der Waals surface area (Å²) in [5.74, 6) is -1.43. The molecule has 1 aromatic carbocycles. The Morgan fingerprint density at radius 1 is 1.10 bits per heavy atom. The van der Waals surface area contributed by atoms with E-state index in [1.165, 1.54) is 12.1 Å². The van der Waals surface area contributed by atoms with Gasteiger partial charge in [-0.2, -0.15) is 0 Å². The normalized spacial score (nSPS) is 10.2. The first kappa shape index (κ1) is 16.7. The summed E-state index contributed by atoms with van der Waals surface area (Å²) < 4.78 is 0. The fourth-order valence-corrected chi connectivity index (χ4v) is 1.66.